The second kappa shape index (κ2) is 16.4. The Morgan fingerprint density at radius 1 is 0.891 bits per heavy atom. The Morgan fingerprint density at radius 2 is 1.59 bits per heavy atom. The number of methoxy groups -OCH3 is 1. The zero-order valence-corrected chi connectivity index (χ0v) is 28.8. The fourth-order valence-corrected chi connectivity index (χ4v) is 6.88. The van der Waals surface area contributed by atoms with E-state index in [0.717, 1.165) is 38.3 Å². The lowest BCUT2D eigenvalue weighted by atomic mass is 10.0. The molecule has 4 rings (SSSR count). The minimum Gasteiger partial charge on any atom is -0.497 e. The number of carbonyl (C=O) groups is 2. The summed E-state index contributed by atoms with van der Waals surface area (Å²) in [6, 6.07) is 29.2. The third kappa shape index (κ3) is 9.20. The molecule has 4 aromatic carbocycles. The summed E-state index contributed by atoms with van der Waals surface area (Å²) in [6.07, 6.45) is 1.95. The van der Waals surface area contributed by atoms with E-state index in [-0.39, 0.29) is 29.5 Å². The van der Waals surface area contributed by atoms with E-state index in [0.29, 0.717) is 12.3 Å². The van der Waals surface area contributed by atoms with Crippen LogP contribution in [0.15, 0.2) is 112 Å². The van der Waals surface area contributed by atoms with Crippen LogP contribution in [0.1, 0.15) is 36.5 Å². The lowest BCUT2D eigenvalue weighted by Gasteiger charge is -2.34. The molecule has 0 radical (unpaired) electrons. The number of anilines is 1. The standard InChI is InChI=1S/C36H40BrN3O5S/c1-4-5-21-38-36(42)34(23-28-11-7-6-8-12-28)39(25-29-13-9-14-30(37)22-29)35(41)26-40(31-15-10-16-32(24-31)45-3)46(43,44)33-19-17-27(2)18-20-33/h6-20,22,24,34H,4-5,21,23,25-26H2,1-3H3,(H,38,42)/t34-/m1/s1. The number of unbranched alkanes of at least 4 members (excludes halogenated alkanes) is 1. The smallest absolute Gasteiger partial charge is 0.264 e. The molecule has 1 atom stereocenters. The van der Waals surface area contributed by atoms with E-state index in [2.05, 4.69) is 21.2 Å². The molecule has 0 fully saturated rings. The zero-order chi connectivity index (χ0) is 33.1. The molecule has 8 nitrogen and oxygen atoms in total. The van der Waals surface area contributed by atoms with Crippen LogP contribution in [0.5, 0.6) is 5.75 Å². The van der Waals surface area contributed by atoms with E-state index in [1.165, 1.54) is 24.1 Å². The SMILES string of the molecule is CCCCNC(=O)[C@@H](Cc1ccccc1)N(Cc1cccc(Br)c1)C(=O)CN(c1cccc(OC)c1)S(=O)(=O)c1ccc(C)cc1. The van der Waals surface area contributed by atoms with Crippen molar-refractivity contribution >= 4 is 43.5 Å². The normalized spacial score (nSPS) is 11.8. The van der Waals surface area contributed by atoms with Gasteiger partial charge < -0.3 is 15.0 Å². The van der Waals surface area contributed by atoms with E-state index >= 15 is 0 Å². The molecule has 2 amide bonds. The number of aryl methyl sites for hydroxylation is 1. The van der Waals surface area contributed by atoms with Gasteiger partial charge in [0.25, 0.3) is 10.0 Å². The van der Waals surface area contributed by atoms with Crippen molar-refractivity contribution in [3.63, 3.8) is 0 Å². The molecule has 0 saturated carbocycles. The van der Waals surface area contributed by atoms with Crippen LogP contribution in [0.3, 0.4) is 0 Å². The van der Waals surface area contributed by atoms with E-state index in [1.807, 2.05) is 68.4 Å². The number of nitrogens with zero attached hydrogens (tertiary/aromatic N) is 2. The Balaban J connectivity index is 1.80. The first-order valence-corrected chi connectivity index (χ1v) is 17.4. The van der Waals surface area contributed by atoms with Crippen molar-refractivity contribution in [1.82, 2.24) is 10.2 Å². The Morgan fingerprint density at radius 3 is 2.26 bits per heavy atom. The maximum absolute atomic E-state index is 14.6. The van der Waals surface area contributed by atoms with Crippen molar-refractivity contribution < 1.29 is 22.7 Å². The van der Waals surface area contributed by atoms with Gasteiger partial charge in [-0.15, -0.1) is 0 Å². The zero-order valence-electron chi connectivity index (χ0n) is 26.4. The van der Waals surface area contributed by atoms with Crippen molar-refractivity contribution in [3.05, 3.63) is 124 Å². The van der Waals surface area contributed by atoms with Gasteiger partial charge in [-0.3, -0.25) is 13.9 Å². The Hall–Kier alpha value is -4.15. The topological polar surface area (TPSA) is 96.0 Å². The molecule has 0 heterocycles. The number of hydrogen-bond acceptors (Lipinski definition) is 5. The molecule has 242 valence electrons. The molecule has 0 unspecified atom stereocenters. The Kier molecular flexibility index (Phi) is 12.4. The van der Waals surface area contributed by atoms with Gasteiger partial charge >= 0.3 is 0 Å². The summed E-state index contributed by atoms with van der Waals surface area (Å²) in [5.74, 6) is -0.377. The lowest BCUT2D eigenvalue weighted by molar-refractivity contribution is -0.140. The van der Waals surface area contributed by atoms with Crippen molar-refractivity contribution in [3.8, 4) is 5.75 Å². The average Bonchev–Trinajstić information content (AvgIpc) is 3.05. The van der Waals surface area contributed by atoms with Gasteiger partial charge in [-0.1, -0.05) is 95.5 Å². The van der Waals surface area contributed by atoms with Crippen molar-refractivity contribution in [2.24, 2.45) is 0 Å². The minimum atomic E-state index is -4.20. The van der Waals surface area contributed by atoms with Crippen LogP contribution in [0.4, 0.5) is 5.69 Å². The van der Waals surface area contributed by atoms with Crippen molar-refractivity contribution in [1.29, 1.82) is 0 Å². The van der Waals surface area contributed by atoms with Crippen molar-refractivity contribution in [2.75, 3.05) is 24.5 Å². The summed E-state index contributed by atoms with van der Waals surface area (Å²) in [5.41, 5.74) is 2.84. The van der Waals surface area contributed by atoms with Gasteiger partial charge in [0.1, 0.15) is 18.3 Å². The molecule has 0 spiro atoms. The second-order valence-corrected chi connectivity index (χ2v) is 13.8. The molecular weight excluding hydrogens is 666 g/mol. The maximum Gasteiger partial charge on any atom is 0.264 e. The van der Waals surface area contributed by atoms with Gasteiger partial charge in [0.15, 0.2) is 0 Å². The van der Waals surface area contributed by atoms with Gasteiger partial charge in [-0.05, 0) is 60.9 Å². The summed E-state index contributed by atoms with van der Waals surface area (Å²) in [4.78, 5) is 30.0. The molecule has 46 heavy (non-hydrogen) atoms. The van der Waals surface area contributed by atoms with Crippen LogP contribution < -0.4 is 14.4 Å². The lowest BCUT2D eigenvalue weighted by Crippen LogP contribution is -2.53. The number of sulfonamides is 1. The largest absolute Gasteiger partial charge is 0.497 e. The number of nitrogens with one attached hydrogen (secondary N) is 1. The third-order valence-corrected chi connectivity index (χ3v) is 9.85. The number of hydrogen-bond donors (Lipinski definition) is 1. The molecule has 0 aliphatic heterocycles. The van der Waals surface area contributed by atoms with Gasteiger partial charge in [0, 0.05) is 30.0 Å². The number of amides is 2. The fourth-order valence-electron chi connectivity index (χ4n) is 5.02. The second-order valence-electron chi connectivity index (χ2n) is 11.0. The molecule has 0 aliphatic rings. The van der Waals surface area contributed by atoms with E-state index in [4.69, 9.17) is 4.74 Å². The summed E-state index contributed by atoms with van der Waals surface area (Å²) in [5, 5.41) is 3.01. The van der Waals surface area contributed by atoms with E-state index in [9.17, 15) is 18.0 Å². The van der Waals surface area contributed by atoms with Crippen LogP contribution in [-0.2, 0) is 32.6 Å². The Bertz CT molecular complexity index is 1720. The van der Waals surface area contributed by atoms with Gasteiger partial charge in [-0.25, -0.2) is 8.42 Å². The fraction of sp³-hybridized carbons (Fsp3) is 0.278. The van der Waals surface area contributed by atoms with Crippen molar-refractivity contribution in [2.45, 2.75) is 50.6 Å². The predicted molar refractivity (Wildman–Crippen MR) is 185 cm³/mol. The molecule has 0 bridgehead atoms. The average molecular weight is 707 g/mol. The molecule has 4 aromatic rings. The summed E-state index contributed by atoms with van der Waals surface area (Å²) < 4.78 is 35.7. The third-order valence-electron chi connectivity index (χ3n) is 7.57. The quantitative estimate of drug-likeness (QED) is 0.142. The number of rotatable bonds is 15. The first kappa shape index (κ1) is 34.7. The minimum absolute atomic E-state index is 0.0467. The number of benzene rings is 4. The molecule has 0 aromatic heterocycles. The van der Waals surface area contributed by atoms with Crippen LogP contribution in [-0.4, -0.2) is 51.4 Å². The number of ether oxygens (including phenoxy) is 1. The highest BCUT2D eigenvalue weighted by Crippen LogP contribution is 2.28. The summed E-state index contributed by atoms with van der Waals surface area (Å²) >= 11 is 3.51. The highest BCUT2D eigenvalue weighted by molar-refractivity contribution is 9.10. The molecule has 10 heteroatoms. The van der Waals surface area contributed by atoms with Crippen LogP contribution >= 0.6 is 15.9 Å². The number of halogens is 1. The van der Waals surface area contributed by atoms with E-state index in [1.54, 1.807) is 36.4 Å². The monoisotopic (exact) mass is 705 g/mol. The molecule has 0 aliphatic carbocycles. The first-order chi connectivity index (χ1) is 22.1. The summed E-state index contributed by atoms with van der Waals surface area (Å²) in [7, 11) is -2.71. The number of carbonyl (C=O) groups excluding carboxylic acids is 2. The highest BCUT2D eigenvalue weighted by atomic mass is 79.9. The molecular formula is C36H40BrN3O5S. The van der Waals surface area contributed by atoms with Gasteiger partial charge in [0.2, 0.25) is 11.8 Å². The summed E-state index contributed by atoms with van der Waals surface area (Å²) in [6.45, 7) is 3.94. The van der Waals surface area contributed by atoms with Gasteiger partial charge in [0.05, 0.1) is 17.7 Å². The Labute approximate surface area is 280 Å². The molecule has 1 N–H and O–H groups in total. The van der Waals surface area contributed by atoms with Crippen LogP contribution in [0.25, 0.3) is 0 Å². The molecule has 0 saturated heterocycles. The van der Waals surface area contributed by atoms with E-state index < -0.39 is 28.5 Å². The highest BCUT2D eigenvalue weighted by Gasteiger charge is 2.34. The maximum atomic E-state index is 14.6. The van der Waals surface area contributed by atoms with Gasteiger partial charge in [-0.2, -0.15) is 0 Å². The van der Waals surface area contributed by atoms with Crippen LogP contribution in [0.2, 0.25) is 0 Å². The van der Waals surface area contributed by atoms with Crippen LogP contribution in [0, 0.1) is 6.92 Å². The first-order valence-electron chi connectivity index (χ1n) is 15.2. The predicted octanol–water partition coefficient (Wildman–Crippen LogP) is 6.52.